The van der Waals surface area contributed by atoms with Gasteiger partial charge >= 0.3 is 0 Å². The molecule has 0 spiro atoms. The van der Waals surface area contributed by atoms with Crippen LogP contribution in [0.15, 0.2) is 200 Å². The summed E-state index contributed by atoms with van der Waals surface area (Å²) in [6.45, 7) is 0. The Hall–Kier alpha value is -6.99. The van der Waals surface area contributed by atoms with Crippen molar-refractivity contribution < 1.29 is 0 Å². The van der Waals surface area contributed by atoms with E-state index in [1.807, 2.05) is 45.3 Å². The molecule has 0 bridgehead atoms. The molecule has 66 heavy (non-hydrogen) atoms. The van der Waals surface area contributed by atoms with E-state index in [1.54, 1.807) is 0 Å². The van der Waals surface area contributed by atoms with Crippen LogP contribution in [0.4, 0.5) is 0 Å². The van der Waals surface area contributed by atoms with Crippen LogP contribution in [0.5, 0.6) is 0 Å². The Morgan fingerprint density at radius 1 is 0.303 bits per heavy atom. The minimum absolute atomic E-state index is 0.954. The number of nitrogens with zero attached hydrogens (tertiary/aromatic N) is 1. The van der Waals surface area contributed by atoms with E-state index in [1.165, 1.54) is 126 Å². The molecule has 0 radical (unpaired) electrons. The van der Waals surface area contributed by atoms with Gasteiger partial charge in [0.15, 0.2) is 0 Å². The summed E-state index contributed by atoms with van der Waals surface area (Å²) in [7, 11) is 0. The topological polar surface area (TPSA) is 12.9 Å². The van der Waals surface area contributed by atoms with Crippen LogP contribution >= 0.6 is 45.3 Å². The van der Waals surface area contributed by atoms with Crippen LogP contribution in [0.1, 0.15) is 23.4 Å². The second-order valence-corrected chi connectivity index (χ2v) is 21.6. The number of thiophene rings is 3. The van der Waals surface area contributed by atoms with Crippen molar-refractivity contribution in [1.82, 2.24) is 4.98 Å². The lowest BCUT2D eigenvalue weighted by atomic mass is 9.92. The largest absolute Gasteiger partial charge is 0.236 e. The Labute approximate surface area is 397 Å². The van der Waals surface area contributed by atoms with Crippen LogP contribution in [-0.2, 0) is 0 Å². The molecule has 14 rings (SSSR count). The zero-order valence-electron chi connectivity index (χ0n) is 35.5. The van der Waals surface area contributed by atoms with E-state index in [0.717, 1.165) is 23.4 Å². The van der Waals surface area contributed by atoms with Gasteiger partial charge in [-0.1, -0.05) is 146 Å². The Balaban J connectivity index is 0.843. The second kappa shape index (κ2) is 15.3. The highest BCUT2D eigenvalue weighted by atomic mass is 32.1. The number of hydrogen-bond acceptors (Lipinski definition) is 5. The molecule has 0 atom stereocenters. The van der Waals surface area contributed by atoms with Crippen molar-refractivity contribution in [2.24, 2.45) is 0 Å². The summed E-state index contributed by atoms with van der Waals surface area (Å²) in [5, 5.41) is 9.11. The molecule has 0 aliphatic heterocycles. The van der Waals surface area contributed by atoms with Gasteiger partial charge in [-0.25, -0.2) is 4.98 Å². The number of fused-ring (bicyclic) bond motifs is 10. The first-order valence-electron chi connectivity index (χ1n) is 22.4. The maximum absolute atomic E-state index is 5.54. The lowest BCUT2D eigenvalue weighted by molar-refractivity contribution is 1.07. The number of benzene rings is 9. The molecule has 5 heteroatoms. The molecule has 13 aromatic rings. The molecule has 310 valence electrons. The molecule has 4 aromatic heterocycles. The number of rotatable bonds is 6. The highest BCUT2D eigenvalue weighted by Crippen LogP contribution is 2.45. The zero-order valence-corrected chi connectivity index (χ0v) is 38.8. The summed E-state index contributed by atoms with van der Waals surface area (Å²) in [5.41, 5.74) is 14.8. The van der Waals surface area contributed by atoms with Crippen molar-refractivity contribution in [3.05, 3.63) is 211 Å². The Morgan fingerprint density at radius 3 is 1.21 bits per heavy atom. The third kappa shape index (κ3) is 6.34. The van der Waals surface area contributed by atoms with Gasteiger partial charge in [0.05, 0.1) is 10.2 Å². The van der Waals surface area contributed by atoms with Gasteiger partial charge in [0, 0.05) is 71.6 Å². The summed E-state index contributed by atoms with van der Waals surface area (Å²) >= 11 is 7.45. The predicted molar refractivity (Wildman–Crippen MR) is 292 cm³/mol. The second-order valence-electron chi connectivity index (χ2n) is 17.3. The Morgan fingerprint density at radius 2 is 0.697 bits per heavy atom. The summed E-state index contributed by atoms with van der Waals surface area (Å²) in [4.78, 5) is 5.54. The molecule has 1 nitrogen and oxygen atoms in total. The van der Waals surface area contributed by atoms with Gasteiger partial charge in [-0.15, -0.1) is 45.3 Å². The van der Waals surface area contributed by atoms with Crippen LogP contribution < -0.4 is 0 Å². The van der Waals surface area contributed by atoms with E-state index in [4.69, 9.17) is 4.98 Å². The van der Waals surface area contributed by atoms with Crippen molar-refractivity contribution in [3.63, 3.8) is 0 Å². The first-order valence-corrected chi connectivity index (χ1v) is 25.7. The van der Waals surface area contributed by atoms with E-state index in [0.29, 0.717) is 0 Å². The number of aromatic nitrogens is 1. The monoisotopic (exact) mass is 911 g/mol. The normalized spacial score (nSPS) is 13.2. The molecule has 0 saturated carbocycles. The number of allylic oxidation sites excluding steroid dienone is 4. The molecule has 4 heterocycles. The van der Waals surface area contributed by atoms with E-state index in [-0.39, 0.29) is 0 Å². The van der Waals surface area contributed by atoms with Gasteiger partial charge in [0.1, 0.15) is 5.01 Å². The molecule has 0 unspecified atom stereocenters. The third-order valence-electron chi connectivity index (χ3n) is 13.5. The molecule has 0 N–H and O–H groups in total. The highest BCUT2D eigenvalue weighted by Gasteiger charge is 2.20. The number of thiazole rings is 1. The smallest absolute Gasteiger partial charge is 0.120 e. The molecule has 0 saturated heterocycles. The standard InChI is InChI=1S/C61H37NS4/c1-4-10-53-47(7-1)50-33-42(25-30-56(50)63-53)36-13-19-39(20-14-36)45-28-29-46(40-21-15-37(16-22-40)43-26-31-57-51(34-43)48-8-2-5-11-54(48)64-57)60-59(45)62-61(66-60)41-23-17-38(18-24-41)44-27-32-58-52(35-44)49-9-3-6-12-55(49)65-58/h1-17,19-23,25-35H,18,24H2. The van der Waals surface area contributed by atoms with Crippen LogP contribution in [0, 0.1) is 0 Å². The minimum atomic E-state index is 0.954. The van der Waals surface area contributed by atoms with Gasteiger partial charge in [-0.2, -0.15) is 0 Å². The van der Waals surface area contributed by atoms with Gasteiger partial charge in [0.25, 0.3) is 0 Å². The fourth-order valence-electron chi connectivity index (χ4n) is 10.1. The maximum Gasteiger partial charge on any atom is 0.120 e. The minimum Gasteiger partial charge on any atom is -0.236 e. The zero-order chi connectivity index (χ0) is 43.3. The van der Waals surface area contributed by atoms with E-state index in [2.05, 4.69) is 200 Å². The summed E-state index contributed by atoms with van der Waals surface area (Å²) in [6.07, 6.45) is 6.61. The van der Waals surface area contributed by atoms with Crippen molar-refractivity contribution in [1.29, 1.82) is 0 Å². The Kier molecular flexibility index (Phi) is 8.88. The lowest BCUT2D eigenvalue weighted by Gasteiger charge is -2.14. The first-order chi connectivity index (χ1) is 32.6. The van der Waals surface area contributed by atoms with Gasteiger partial charge in [-0.3, -0.25) is 0 Å². The predicted octanol–water partition coefficient (Wildman–Crippen LogP) is 19.3. The average Bonchev–Trinajstić information content (AvgIpc) is 4.18. The fourth-order valence-corrected chi connectivity index (χ4v) is 14.5. The van der Waals surface area contributed by atoms with Crippen LogP contribution in [0.3, 0.4) is 0 Å². The average molecular weight is 912 g/mol. The lowest BCUT2D eigenvalue weighted by Crippen LogP contribution is -1.93. The molecule has 1 aliphatic rings. The van der Waals surface area contributed by atoms with E-state index in [9.17, 15) is 0 Å². The maximum atomic E-state index is 5.54. The van der Waals surface area contributed by atoms with Gasteiger partial charge < -0.3 is 0 Å². The van der Waals surface area contributed by atoms with Crippen molar-refractivity contribution in [3.8, 4) is 44.5 Å². The third-order valence-corrected chi connectivity index (χ3v) is 18.1. The molecular weight excluding hydrogens is 875 g/mol. The van der Waals surface area contributed by atoms with E-state index < -0.39 is 0 Å². The van der Waals surface area contributed by atoms with Gasteiger partial charge in [0.2, 0.25) is 0 Å². The highest BCUT2D eigenvalue weighted by molar-refractivity contribution is 7.26. The molecule has 0 amide bonds. The van der Waals surface area contributed by atoms with Crippen molar-refractivity contribution >= 4 is 127 Å². The van der Waals surface area contributed by atoms with Crippen molar-refractivity contribution in [2.45, 2.75) is 12.8 Å². The first kappa shape index (κ1) is 38.3. The molecular formula is C61H37NS4. The van der Waals surface area contributed by atoms with Crippen LogP contribution in [0.2, 0.25) is 0 Å². The van der Waals surface area contributed by atoms with Crippen LogP contribution in [-0.4, -0.2) is 4.98 Å². The van der Waals surface area contributed by atoms with Crippen LogP contribution in [0.25, 0.3) is 126 Å². The summed E-state index contributed by atoms with van der Waals surface area (Å²) in [6, 6.07) is 69.9. The van der Waals surface area contributed by atoms with E-state index >= 15 is 0 Å². The summed E-state index contributed by atoms with van der Waals surface area (Å²) in [5.74, 6) is 0. The Bertz CT molecular complexity index is 3960. The number of hydrogen-bond donors (Lipinski definition) is 0. The summed E-state index contributed by atoms with van der Waals surface area (Å²) < 4.78 is 9.25. The van der Waals surface area contributed by atoms with Crippen molar-refractivity contribution in [2.75, 3.05) is 0 Å². The SMILES string of the molecule is C1=C(c2ccc3sc4ccccc4c3c2)CCC(c2nc3c(-c4ccc(-c5ccc6sc7ccccc7c6c5)cc4)ccc(-c4ccc(-c5ccc6sc7ccccc7c6c5)cc4)c3s2)=C1. The molecule has 1 aliphatic carbocycles. The quantitative estimate of drug-likeness (QED) is 0.162. The fraction of sp³-hybridized carbons (Fsp3) is 0.0328. The van der Waals surface area contributed by atoms with Gasteiger partial charge in [-0.05, 0) is 118 Å². The molecule has 0 fully saturated rings. The molecule has 9 aromatic carbocycles.